The molecule has 0 heterocycles. The molecule has 1 saturated carbocycles. The van der Waals surface area contributed by atoms with Gasteiger partial charge in [-0.1, -0.05) is 19.1 Å². The minimum Gasteiger partial charge on any atom is -0.493 e. The highest BCUT2D eigenvalue weighted by Gasteiger charge is 2.43. The second-order valence-electron chi connectivity index (χ2n) is 5.94. The van der Waals surface area contributed by atoms with Crippen LogP contribution in [0.2, 0.25) is 0 Å². The van der Waals surface area contributed by atoms with Gasteiger partial charge in [-0.3, -0.25) is 0 Å². The Hall–Kier alpha value is -1.53. The van der Waals surface area contributed by atoms with Gasteiger partial charge in [0.1, 0.15) is 5.75 Å². The van der Waals surface area contributed by atoms with Crippen LogP contribution in [0.5, 0.6) is 5.75 Å². The van der Waals surface area contributed by atoms with Crippen LogP contribution in [0, 0.1) is 23.7 Å². The highest BCUT2D eigenvalue weighted by atomic mass is 16.5. The van der Waals surface area contributed by atoms with E-state index in [9.17, 15) is 0 Å². The molecule has 1 N–H and O–H groups in total. The summed E-state index contributed by atoms with van der Waals surface area (Å²) in [5.41, 5.74) is 2.53. The van der Waals surface area contributed by atoms with Gasteiger partial charge < -0.3 is 10.1 Å². The molecule has 0 radical (unpaired) electrons. The zero-order valence-electron chi connectivity index (χ0n) is 12.7. The summed E-state index contributed by atoms with van der Waals surface area (Å²) in [5, 5.41) is 12.3. The predicted molar refractivity (Wildman–Crippen MR) is 80.7 cm³/mol. The summed E-state index contributed by atoms with van der Waals surface area (Å²) in [7, 11) is 0. The van der Waals surface area contributed by atoms with Crippen LogP contribution < -0.4 is 10.1 Å². The molecule has 1 aliphatic rings. The molecule has 20 heavy (non-hydrogen) atoms. The molecule has 0 saturated heterocycles. The maximum Gasteiger partial charge on any atom is 0.124 e. The Morgan fingerprint density at radius 2 is 2.20 bits per heavy atom. The molecular weight excluding hydrogens is 248 g/mol. The van der Waals surface area contributed by atoms with E-state index >= 15 is 0 Å². The topological polar surface area (TPSA) is 45.0 Å². The van der Waals surface area contributed by atoms with Crippen molar-refractivity contribution in [3.05, 3.63) is 29.3 Å². The number of aryl methyl sites for hydroxylation is 1. The van der Waals surface area contributed by atoms with Crippen molar-refractivity contribution < 1.29 is 4.74 Å². The maximum absolute atomic E-state index is 8.88. The summed E-state index contributed by atoms with van der Waals surface area (Å²) in [6, 6.07) is 8.93. The summed E-state index contributed by atoms with van der Waals surface area (Å²) in [6.07, 6.45) is 2.84. The average Bonchev–Trinajstić information content (AvgIpc) is 3.17. The number of nitrogens with one attached hydrogen (secondary N) is 1. The minimum absolute atomic E-state index is 0.122. The summed E-state index contributed by atoms with van der Waals surface area (Å²) in [6.45, 7) is 7.94. The summed E-state index contributed by atoms with van der Waals surface area (Å²) >= 11 is 0. The number of benzene rings is 1. The fourth-order valence-corrected chi connectivity index (χ4v) is 2.49. The molecule has 108 valence electrons. The predicted octanol–water partition coefficient (Wildman–Crippen LogP) is 3.74. The first-order valence-electron chi connectivity index (χ1n) is 7.44. The van der Waals surface area contributed by atoms with E-state index in [0.29, 0.717) is 13.0 Å². The lowest BCUT2D eigenvalue weighted by Gasteiger charge is -2.20. The number of nitrogens with zero attached hydrogens (tertiary/aromatic N) is 1. The van der Waals surface area contributed by atoms with E-state index in [2.05, 4.69) is 50.4 Å². The molecule has 2 rings (SSSR count). The van der Waals surface area contributed by atoms with Crippen LogP contribution in [0.4, 0.5) is 0 Å². The molecular formula is C17H24N2O. The number of ether oxygens (including phenoxy) is 1. The van der Waals surface area contributed by atoms with Crippen molar-refractivity contribution in [3.8, 4) is 11.8 Å². The summed E-state index contributed by atoms with van der Waals surface area (Å²) < 4.78 is 6.07. The van der Waals surface area contributed by atoms with Gasteiger partial charge in [0.05, 0.1) is 12.7 Å². The second kappa shape index (κ2) is 6.28. The average molecular weight is 272 g/mol. The lowest BCUT2D eigenvalue weighted by atomic mass is 10.0. The van der Waals surface area contributed by atoms with Gasteiger partial charge in [-0.2, -0.15) is 5.26 Å². The first-order valence-corrected chi connectivity index (χ1v) is 7.44. The van der Waals surface area contributed by atoms with Crippen LogP contribution in [-0.4, -0.2) is 13.2 Å². The zero-order valence-corrected chi connectivity index (χ0v) is 12.7. The first-order chi connectivity index (χ1) is 9.60. The van der Waals surface area contributed by atoms with Crippen LogP contribution >= 0.6 is 0 Å². The standard InChI is InChI=1S/C17H24N2O/c1-4-19-14(3)15-6-5-13(2)11-16(15)20-12-17(7-8-17)9-10-18/h5-6,11,14,19H,4,7-9,12H2,1-3H3. The van der Waals surface area contributed by atoms with Crippen molar-refractivity contribution in [1.29, 1.82) is 5.26 Å². The Balaban J connectivity index is 2.09. The largest absolute Gasteiger partial charge is 0.493 e. The highest BCUT2D eigenvalue weighted by molar-refractivity contribution is 5.39. The van der Waals surface area contributed by atoms with Crippen molar-refractivity contribution in [1.82, 2.24) is 5.32 Å². The molecule has 0 aromatic heterocycles. The van der Waals surface area contributed by atoms with Crippen molar-refractivity contribution in [2.24, 2.45) is 5.41 Å². The third-order valence-electron chi connectivity index (χ3n) is 4.09. The maximum atomic E-state index is 8.88. The van der Waals surface area contributed by atoms with Crippen LogP contribution in [0.1, 0.15) is 50.3 Å². The van der Waals surface area contributed by atoms with Gasteiger partial charge >= 0.3 is 0 Å². The zero-order chi connectivity index (χ0) is 14.6. The molecule has 1 aromatic carbocycles. The Labute approximate surface area is 121 Å². The highest BCUT2D eigenvalue weighted by Crippen LogP contribution is 2.49. The third kappa shape index (κ3) is 3.52. The molecule has 3 nitrogen and oxygen atoms in total. The van der Waals surface area contributed by atoms with E-state index in [1.54, 1.807) is 0 Å². The molecule has 0 spiro atoms. The van der Waals surface area contributed by atoms with Gasteiger partial charge in [0.15, 0.2) is 0 Å². The number of rotatable bonds is 7. The van der Waals surface area contributed by atoms with Gasteiger partial charge in [-0.05, 0) is 44.9 Å². The van der Waals surface area contributed by atoms with Crippen molar-refractivity contribution in [2.45, 2.75) is 46.1 Å². The van der Waals surface area contributed by atoms with E-state index in [1.807, 2.05) is 0 Å². The fourth-order valence-electron chi connectivity index (χ4n) is 2.49. The molecule has 1 unspecified atom stereocenters. The Morgan fingerprint density at radius 1 is 1.45 bits per heavy atom. The first kappa shape index (κ1) is 14.9. The lowest BCUT2D eigenvalue weighted by molar-refractivity contribution is 0.233. The Morgan fingerprint density at radius 3 is 2.80 bits per heavy atom. The SMILES string of the molecule is CCNC(C)c1ccc(C)cc1OCC1(CC#N)CC1. The molecule has 3 heteroatoms. The summed E-state index contributed by atoms with van der Waals surface area (Å²) in [4.78, 5) is 0. The van der Waals surface area contributed by atoms with Crippen LogP contribution in [0.3, 0.4) is 0 Å². The lowest BCUT2D eigenvalue weighted by Crippen LogP contribution is -2.20. The van der Waals surface area contributed by atoms with Gasteiger partial charge in [-0.15, -0.1) is 0 Å². The van der Waals surface area contributed by atoms with Crippen molar-refractivity contribution in [3.63, 3.8) is 0 Å². The van der Waals surface area contributed by atoms with Gasteiger partial charge in [0.25, 0.3) is 0 Å². The van der Waals surface area contributed by atoms with E-state index in [-0.39, 0.29) is 11.5 Å². The fraction of sp³-hybridized carbons (Fsp3) is 0.588. The molecule has 1 fully saturated rings. The molecule has 1 atom stereocenters. The van der Waals surface area contributed by atoms with Crippen molar-refractivity contribution >= 4 is 0 Å². The number of hydrogen-bond acceptors (Lipinski definition) is 3. The van der Waals surface area contributed by atoms with E-state index in [0.717, 1.165) is 25.1 Å². The molecule has 0 aliphatic heterocycles. The molecule has 0 bridgehead atoms. The van der Waals surface area contributed by atoms with Crippen LogP contribution in [0.15, 0.2) is 18.2 Å². The van der Waals surface area contributed by atoms with Crippen molar-refractivity contribution in [2.75, 3.05) is 13.2 Å². The molecule has 1 aliphatic carbocycles. The van der Waals surface area contributed by atoms with E-state index < -0.39 is 0 Å². The van der Waals surface area contributed by atoms with Gasteiger partial charge in [0, 0.05) is 23.4 Å². The monoisotopic (exact) mass is 272 g/mol. The molecule has 1 aromatic rings. The Kier molecular flexibility index (Phi) is 4.67. The smallest absolute Gasteiger partial charge is 0.124 e. The summed E-state index contributed by atoms with van der Waals surface area (Å²) in [5.74, 6) is 0.961. The van der Waals surface area contributed by atoms with Gasteiger partial charge in [-0.25, -0.2) is 0 Å². The molecule has 0 amide bonds. The van der Waals surface area contributed by atoms with Crippen LogP contribution in [0.25, 0.3) is 0 Å². The Bertz CT molecular complexity index is 500. The normalized spacial score (nSPS) is 17.3. The van der Waals surface area contributed by atoms with E-state index in [4.69, 9.17) is 10.00 Å². The number of hydrogen-bond donors (Lipinski definition) is 1. The number of nitriles is 1. The quantitative estimate of drug-likeness (QED) is 0.822. The van der Waals surface area contributed by atoms with E-state index in [1.165, 1.54) is 11.1 Å². The van der Waals surface area contributed by atoms with Gasteiger partial charge in [0.2, 0.25) is 0 Å². The second-order valence-corrected chi connectivity index (χ2v) is 5.94. The third-order valence-corrected chi connectivity index (χ3v) is 4.09. The minimum atomic E-state index is 0.122. The van der Waals surface area contributed by atoms with Crippen LogP contribution in [-0.2, 0) is 0 Å².